The van der Waals surface area contributed by atoms with Gasteiger partial charge in [-0.25, -0.2) is 8.42 Å². The molecule has 0 radical (unpaired) electrons. The number of carbonyl (C=O) groups is 1. The van der Waals surface area contributed by atoms with Crippen molar-refractivity contribution in [3.63, 3.8) is 0 Å². The molecule has 0 saturated heterocycles. The molecule has 0 aromatic heterocycles. The fraction of sp³-hybridized carbons (Fsp3) is 0.409. The molecule has 6 nitrogen and oxygen atoms in total. The fourth-order valence-corrected chi connectivity index (χ4v) is 3.85. The van der Waals surface area contributed by atoms with Gasteiger partial charge >= 0.3 is 0 Å². The molecule has 2 rings (SSSR count). The summed E-state index contributed by atoms with van der Waals surface area (Å²) in [5.41, 5.74) is 2.76. The smallest absolute Gasteiger partial charge is 0.232 e. The van der Waals surface area contributed by atoms with Crippen molar-refractivity contribution in [2.24, 2.45) is 0 Å². The van der Waals surface area contributed by atoms with E-state index in [1.807, 2.05) is 63.2 Å². The highest BCUT2D eigenvalue weighted by Gasteiger charge is 2.18. The monoisotopic (exact) mass is 418 g/mol. The Hall–Kier alpha value is -2.54. The molecule has 0 saturated carbocycles. The number of nitrogens with zero attached hydrogens (tertiary/aromatic N) is 1. The highest BCUT2D eigenvalue weighted by molar-refractivity contribution is 7.92. The van der Waals surface area contributed by atoms with Gasteiger partial charge in [-0.15, -0.1) is 0 Å². The van der Waals surface area contributed by atoms with Gasteiger partial charge in [0.05, 0.1) is 18.0 Å². The maximum Gasteiger partial charge on any atom is 0.232 e. The molecule has 0 aliphatic carbocycles. The van der Waals surface area contributed by atoms with Gasteiger partial charge in [0.2, 0.25) is 15.9 Å². The molecule has 0 aliphatic heterocycles. The average Bonchev–Trinajstić information content (AvgIpc) is 2.63. The summed E-state index contributed by atoms with van der Waals surface area (Å²) in [4.78, 5) is 12.2. The largest absolute Gasteiger partial charge is 0.491 e. The van der Waals surface area contributed by atoms with Gasteiger partial charge in [0.25, 0.3) is 0 Å². The van der Waals surface area contributed by atoms with Gasteiger partial charge in [0.1, 0.15) is 12.4 Å². The molecule has 2 aromatic carbocycles. The van der Waals surface area contributed by atoms with Crippen LogP contribution in [0, 0.1) is 13.8 Å². The van der Waals surface area contributed by atoms with E-state index in [0.29, 0.717) is 18.7 Å². The minimum absolute atomic E-state index is 0.123. The first-order valence-corrected chi connectivity index (χ1v) is 11.5. The first kappa shape index (κ1) is 22.7. The Bertz CT molecular complexity index is 911. The lowest BCUT2D eigenvalue weighted by molar-refractivity contribution is -0.121. The summed E-state index contributed by atoms with van der Waals surface area (Å²) in [7, 11) is -3.42. The second-order valence-electron chi connectivity index (χ2n) is 7.37. The maximum atomic E-state index is 12.2. The first-order valence-electron chi connectivity index (χ1n) is 9.68. The van der Waals surface area contributed by atoms with E-state index < -0.39 is 10.0 Å². The number of benzene rings is 2. The number of carbonyl (C=O) groups excluding carboxylic acids is 1. The highest BCUT2D eigenvalue weighted by Crippen LogP contribution is 2.19. The molecule has 7 heteroatoms. The van der Waals surface area contributed by atoms with E-state index in [1.165, 1.54) is 10.6 Å². The number of nitrogens with one attached hydrogen (secondary N) is 1. The van der Waals surface area contributed by atoms with Crippen molar-refractivity contribution in [1.29, 1.82) is 0 Å². The molecular weight excluding hydrogens is 388 g/mol. The van der Waals surface area contributed by atoms with Crippen LogP contribution >= 0.6 is 0 Å². The molecule has 0 unspecified atom stereocenters. The number of rotatable bonds is 10. The second kappa shape index (κ2) is 10.3. The van der Waals surface area contributed by atoms with Crippen LogP contribution < -0.4 is 14.4 Å². The molecule has 158 valence electrons. The summed E-state index contributed by atoms with van der Waals surface area (Å²) >= 11 is 0. The number of anilines is 1. The van der Waals surface area contributed by atoms with Crippen molar-refractivity contribution >= 4 is 21.6 Å². The van der Waals surface area contributed by atoms with Crippen LogP contribution in [0.2, 0.25) is 0 Å². The van der Waals surface area contributed by atoms with Gasteiger partial charge in [-0.1, -0.05) is 29.8 Å². The summed E-state index contributed by atoms with van der Waals surface area (Å²) in [6, 6.07) is 14.9. The Kier molecular flexibility index (Phi) is 8.08. The van der Waals surface area contributed by atoms with Crippen molar-refractivity contribution in [2.75, 3.05) is 23.7 Å². The van der Waals surface area contributed by atoms with E-state index in [-0.39, 0.29) is 24.9 Å². The summed E-state index contributed by atoms with van der Waals surface area (Å²) in [6.07, 6.45) is 1.85. The third-order valence-electron chi connectivity index (χ3n) is 4.38. The molecule has 1 amide bonds. The van der Waals surface area contributed by atoms with E-state index >= 15 is 0 Å². The van der Waals surface area contributed by atoms with Crippen LogP contribution in [0.4, 0.5) is 5.69 Å². The van der Waals surface area contributed by atoms with E-state index in [2.05, 4.69) is 5.32 Å². The summed E-state index contributed by atoms with van der Waals surface area (Å²) < 4.78 is 31.3. The molecule has 0 bridgehead atoms. The van der Waals surface area contributed by atoms with Crippen molar-refractivity contribution in [3.05, 3.63) is 59.7 Å². The van der Waals surface area contributed by atoms with E-state index in [4.69, 9.17) is 4.74 Å². The third kappa shape index (κ3) is 7.77. The molecular formula is C22H30N2O4S. The molecule has 1 atom stereocenters. The zero-order valence-electron chi connectivity index (χ0n) is 17.5. The SMILES string of the molecule is Cc1ccc(OC[C@@H](C)NC(=O)CCCN(c2cccc(C)c2)S(C)(=O)=O)cc1. The number of sulfonamides is 1. The summed E-state index contributed by atoms with van der Waals surface area (Å²) in [6.45, 7) is 6.42. The van der Waals surface area contributed by atoms with Gasteiger partial charge < -0.3 is 10.1 Å². The van der Waals surface area contributed by atoms with Crippen LogP contribution in [0.3, 0.4) is 0 Å². The standard InChI is InChI=1S/C22H30N2O4S/c1-17-10-12-21(13-11-17)28-16-19(3)23-22(25)9-6-14-24(29(4,26)27)20-8-5-7-18(2)15-20/h5,7-8,10-13,15,19H,6,9,14,16H2,1-4H3,(H,23,25)/t19-/m1/s1. The highest BCUT2D eigenvalue weighted by atomic mass is 32.2. The van der Waals surface area contributed by atoms with Crippen LogP contribution in [-0.4, -0.2) is 39.8 Å². The van der Waals surface area contributed by atoms with E-state index in [1.54, 1.807) is 6.07 Å². The minimum Gasteiger partial charge on any atom is -0.491 e. The van der Waals surface area contributed by atoms with Gasteiger partial charge in [-0.05, 0) is 57.0 Å². The average molecular weight is 419 g/mol. The zero-order valence-corrected chi connectivity index (χ0v) is 18.3. The number of hydrogen-bond acceptors (Lipinski definition) is 4. The quantitative estimate of drug-likeness (QED) is 0.641. The molecule has 29 heavy (non-hydrogen) atoms. The van der Waals surface area contributed by atoms with E-state index in [9.17, 15) is 13.2 Å². The van der Waals surface area contributed by atoms with E-state index in [0.717, 1.165) is 16.9 Å². The van der Waals surface area contributed by atoms with Gasteiger partial charge in [0.15, 0.2) is 0 Å². The van der Waals surface area contributed by atoms with Crippen molar-refractivity contribution < 1.29 is 17.9 Å². The Morgan fingerprint density at radius 1 is 1.10 bits per heavy atom. The van der Waals surface area contributed by atoms with Crippen LogP contribution in [0.15, 0.2) is 48.5 Å². The van der Waals surface area contributed by atoms with Gasteiger partial charge in [0, 0.05) is 13.0 Å². The first-order chi connectivity index (χ1) is 13.6. The van der Waals surface area contributed by atoms with Crippen molar-refractivity contribution in [1.82, 2.24) is 5.32 Å². The number of hydrogen-bond donors (Lipinski definition) is 1. The lowest BCUT2D eigenvalue weighted by Crippen LogP contribution is -2.37. The summed E-state index contributed by atoms with van der Waals surface area (Å²) in [5.74, 6) is 0.640. The van der Waals surface area contributed by atoms with Gasteiger partial charge in [-0.2, -0.15) is 0 Å². The van der Waals surface area contributed by atoms with Crippen LogP contribution in [0.5, 0.6) is 5.75 Å². The topological polar surface area (TPSA) is 75.7 Å². The molecule has 0 aliphatic rings. The maximum absolute atomic E-state index is 12.2. The minimum atomic E-state index is -3.42. The van der Waals surface area contributed by atoms with Crippen molar-refractivity contribution in [3.8, 4) is 5.75 Å². The molecule has 0 spiro atoms. The second-order valence-corrected chi connectivity index (χ2v) is 9.28. The third-order valence-corrected chi connectivity index (χ3v) is 5.58. The Balaban J connectivity index is 1.80. The lowest BCUT2D eigenvalue weighted by Gasteiger charge is -2.23. The molecule has 0 fully saturated rings. The normalized spacial score (nSPS) is 12.3. The number of aryl methyl sites for hydroxylation is 2. The Morgan fingerprint density at radius 3 is 2.41 bits per heavy atom. The Labute approximate surface area is 173 Å². The molecule has 2 aromatic rings. The number of ether oxygens (including phenoxy) is 1. The molecule has 1 N–H and O–H groups in total. The fourth-order valence-electron chi connectivity index (χ4n) is 2.90. The van der Waals surface area contributed by atoms with Crippen molar-refractivity contribution in [2.45, 2.75) is 39.7 Å². The predicted molar refractivity (Wildman–Crippen MR) is 117 cm³/mol. The predicted octanol–water partition coefficient (Wildman–Crippen LogP) is 3.43. The zero-order chi connectivity index (χ0) is 21.4. The Morgan fingerprint density at radius 2 is 1.79 bits per heavy atom. The van der Waals surface area contributed by atoms with Crippen LogP contribution in [0.1, 0.15) is 30.9 Å². The molecule has 0 heterocycles. The summed E-state index contributed by atoms with van der Waals surface area (Å²) in [5, 5.41) is 2.89. The van der Waals surface area contributed by atoms with Crippen LogP contribution in [-0.2, 0) is 14.8 Å². The number of amides is 1. The van der Waals surface area contributed by atoms with Crippen LogP contribution in [0.25, 0.3) is 0 Å². The van der Waals surface area contributed by atoms with Gasteiger partial charge in [-0.3, -0.25) is 9.10 Å². The lowest BCUT2D eigenvalue weighted by atomic mass is 10.2.